The number of H-pyrrole nitrogens is 1. The van der Waals surface area contributed by atoms with Crippen LogP contribution in [0.5, 0.6) is 0 Å². The average Bonchev–Trinajstić information content (AvgIpc) is 2.17. The molecule has 0 aliphatic heterocycles. The van der Waals surface area contributed by atoms with Gasteiger partial charge in [0.25, 0.3) is 5.56 Å². The summed E-state index contributed by atoms with van der Waals surface area (Å²) in [4.78, 5) is 18.2. The predicted octanol–water partition coefficient (Wildman–Crippen LogP) is -3.05. The van der Waals surface area contributed by atoms with Gasteiger partial charge < -0.3 is 18.1 Å². The molecule has 0 atom stereocenters. The molecule has 0 saturated heterocycles. The minimum Gasteiger partial charge on any atom is -1.00 e. The summed E-state index contributed by atoms with van der Waals surface area (Å²) in [5.74, 6) is 0.145. The van der Waals surface area contributed by atoms with Gasteiger partial charge in [0, 0.05) is 0 Å². The van der Waals surface area contributed by atoms with Crippen LogP contribution in [-0.4, -0.2) is 9.97 Å². The first-order valence-electron chi connectivity index (χ1n) is 4.66. The molecule has 0 amide bonds. The van der Waals surface area contributed by atoms with E-state index in [1.165, 1.54) is 0 Å². The Hall–Kier alpha value is -1.62. The zero-order valence-electron chi connectivity index (χ0n) is 9.34. The van der Waals surface area contributed by atoms with Gasteiger partial charge in [-0.25, -0.2) is 4.57 Å². The quantitative estimate of drug-likeness (QED) is 0.481. The lowest BCUT2D eigenvalue weighted by atomic mass is 10.2. The summed E-state index contributed by atoms with van der Waals surface area (Å²) < 4.78 is 1.87. The number of fused-ring (bicyclic) bond motifs is 1. The molecule has 16 heavy (non-hydrogen) atoms. The molecule has 2 aromatic rings. The number of nitrogens with two attached hydrogens (primary N) is 1. The Morgan fingerprint density at radius 3 is 2.69 bits per heavy atom. The fourth-order valence-electron chi connectivity index (χ4n) is 1.62. The molecule has 86 valence electrons. The molecular weight excluding hydrogens is 228 g/mol. The highest BCUT2D eigenvalue weighted by Crippen LogP contribution is 2.08. The molecule has 2 aromatic heterocycles. The van der Waals surface area contributed by atoms with E-state index in [0.717, 1.165) is 11.3 Å². The summed E-state index contributed by atoms with van der Waals surface area (Å²) in [6, 6.07) is 1.83. The van der Waals surface area contributed by atoms with Crippen LogP contribution in [0.3, 0.4) is 0 Å². The Morgan fingerprint density at radius 2 is 2.06 bits per heavy atom. The van der Waals surface area contributed by atoms with Crippen LogP contribution in [0, 0.1) is 13.8 Å². The topological polar surface area (TPSA) is 75.6 Å². The SMILES string of the molecule is Cc1cc2c(=O)[nH]c(N)nc2[n+](C)c1C.[Cl-]. The van der Waals surface area contributed by atoms with Gasteiger partial charge in [-0.3, -0.25) is 9.78 Å². The molecule has 0 aromatic carbocycles. The third-order valence-electron chi connectivity index (χ3n) is 2.71. The number of nitrogens with zero attached hydrogens (tertiary/aromatic N) is 2. The lowest BCUT2D eigenvalue weighted by Crippen LogP contribution is -3.00. The van der Waals surface area contributed by atoms with Gasteiger partial charge in [-0.15, -0.1) is 0 Å². The van der Waals surface area contributed by atoms with Crippen LogP contribution in [0.1, 0.15) is 11.3 Å². The highest BCUT2D eigenvalue weighted by Gasteiger charge is 2.16. The van der Waals surface area contributed by atoms with Crippen molar-refractivity contribution in [1.82, 2.24) is 9.97 Å². The molecule has 5 nitrogen and oxygen atoms in total. The number of nitrogens with one attached hydrogen (secondary N) is 1. The van der Waals surface area contributed by atoms with Crippen molar-refractivity contribution in [2.75, 3.05) is 5.73 Å². The fourth-order valence-corrected chi connectivity index (χ4v) is 1.62. The van der Waals surface area contributed by atoms with Crippen molar-refractivity contribution in [2.24, 2.45) is 7.05 Å². The monoisotopic (exact) mass is 240 g/mol. The molecular formula is C10H13ClN4O. The van der Waals surface area contributed by atoms with E-state index >= 15 is 0 Å². The summed E-state index contributed by atoms with van der Waals surface area (Å²) in [6.07, 6.45) is 0. The minimum atomic E-state index is -0.198. The van der Waals surface area contributed by atoms with Crippen LogP contribution in [0.25, 0.3) is 11.0 Å². The molecule has 2 rings (SSSR count). The molecule has 0 aliphatic rings. The fraction of sp³-hybridized carbons (Fsp3) is 0.300. The van der Waals surface area contributed by atoms with Gasteiger partial charge in [0.05, 0.1) is 7.05 Å². The highest BCUT2D eigenvalue weighted by atomic mass is 35.5. The van der Waals surface area contributed by atoms with Crippen molar-refractivity contribution in [3.8, 4) is 0 Å². The van der Waals surface area contributed by atoms with E-state index in [2.05, 4.69) is 9.97 Å². The normalized spacial score (nSPS) is 10.2. The van der Waals surface area contributed by atoms with E-state index in [4.69, 9.17) is 5.73 Å². The number of anilines is 1. The largest absolute Gasteiger partial charge is 1.00 e. The Kier molecular flexibility index (Phi) is 3.19. The van der Waals surface area contributed by atoms with E-state index in [-0.39, 0.29) is 23.9 Å². The van der Waals surface area contributed by atoms with Crippen molar-refractivity contribution in [1.29, 1.82) is 0 Å². The predicted molar refractivity (Wildman–Crippen MR) is 57.4 cm³/mol. The van der Waals surface area contributed by atoms with Gasteiger partial charge in [0.15, 0.2) is 0 Å². The maximum Gasteiger partial charge on any atom is 0.340 e. The minimum absolute atomic E-state index is 0. The lowest BCUT2D eigenvalue weighted by Gasteiger charge is -2.03. The third kappa shape index (κ3) is 1.74. The van der Waals surface area contributed by atoms with Crippen molar-refractivity contribution in [3.63, 3.8) is 0 Å². The van der Waals surface area contributed by atoms with Gasteiger partial charge in [0.1, 0.15) is 11.1 Å². The summed E-state index contributed by atoms with van der Waals surface area (Å²) in [6.45, 7) is 3.94. The molecule has 2 heterocycles. The van der Waals surface area contributed by atoms with E-state index in [9.17, 15) is 4.79 Å². The number of nitrogen functional groups attached to an aromatic ring is 1. The molecule has 6 heteroatoms. The molecule has 0 radical (unpaired) electrons. The number of aryl methyl sites for hydroxylation is 2. The van der Waals surface area contributed by atoms with E-state index in [1.54, 1.807) is 0 Å². The Labute approximate surface area is 98.7 Å². The molecule has 0 fully saturated rings. The smallest absolute Gasteiger partial charge is 0.340 e. The summed E-state index contributed by atoms with van der Waals surface area (Å²) >= 11 is 0. The molecule has 0 unspecified atom stereocenters. The first kappa shape index (κ1) is 12.4. The third-order valence-corrected chi connectivity index (χ3v) is 2.71. The van der Waals surface area contributed by atoms with Crippen LogP contribution in [0.15, 0.2) is 10.9 Å². The van der Waals surface area contributed by atoms with E-state index in [1.807, 2.05) is 31.5 Å². The number of rotatable bonds is 0. The van der Waals surface area contributed by atoms with Gasteiger partial charge >= 0.3 is 11.6 Å². The zero-order valence-corrected chi connectivity index (χ0v) is 10.1. The van der Waals surface area contributed by atoms with E-state index in [0.29, 0.717) is 11.0 Å². The highest BCUT2D eigenvalue weighted by molar-refractivity contribution is 5.72. The molecule has 0 saturated carbocycles. The number of aromatic amines is 1. The maximum absolute atomic E-state index is 11.6. The van der Waals surface area contributed by atoms with Crippen molar-refractivity contribution in [2.45, 2.75) is 13.8 Å². The molecule has 0 aliphatic carbocycles. The summed E-state index contributed by atoms with van der Waals surface area (Å²) in [5.41, 5.74) is 8.04. The first-order chi connectivity index (χ1) is 7.00. The van der Waals surface area contributed by atoms with Crippen LogP contribution < -0.4 is 28.3 Å². The summed E-state index contributed by atoms with van der Waals surface area (Å²) in [7, 11) is 1.87. The summed E-state index contributed by atoms with van der Waals surface area (Å²) in [5, 5.41) is 0.565. The second-order valence-corrected chi connectivity index (χ2v) is 3.66. The zero-order chi connectivity index (χ0) is 11.2. The Bertz CT molecular complexity index is 606. The average molecular weight is 241 g/mol. The van der Waals surface area contributed by atoms with Gasteiger partial charge in [0.2, 0.25) is 0 Å². The van der Waals surface area contributed by atoms with Crippen LogP contribution >= 0.6 is 0 Å². The second kappa shape index (κ2) is 4.09. The first-order valence-corrected chi connectivity index (χ1v) is 4.66. The Morgan fingerprint density at radius 1 is 1.44 bits per heavy atom. The molecule has 0 spiro atoms. The lowest BCUT2D eigenvalue weighted by molar-refractivity contribution is -0.653. The van der Waals surface area contributed by atoms with E-state index < -0.39 is 0 Å². The van der Waals surface area contributed by atoms with Crippen LogP contribution in [0.4, 0.5) is 5.95 Å². The van der Waals surface area contributed by atoms with Gasteiger partial charge in [-0.05, 0) is 30.5 Å². The molecule has 3 N–H and O–H groups in total. The Balaban J connectivity index is 0.00000128. The van der Waals surface area contributed by atoms with Crippen molar-refractivity contribution >= 4 is 17.0 Å². The number of halogens is 1. The standard InChI is InChI=1S/C10H12N4O.ClH/c1-5-4-7-8(14(3)6(5)2)12-10(11)13-9(7)15;/h4H,1-3H3,(H2,11,13,15);1H. The molecule has 0 bridgehead atoms. The van der Waals surface area contributed by atoms with Crippen molar-refractivity contribution in [3.05, 3.63) is 27.7 Å². The number of hydrogen-bond donors (Lipinski definition) is 2. The van der Waals surface area contributed by atoms with Crippen LogP contribution in [0.2, 0.25) is 0 Å². The second-order valence-electron chi connectivity index (χ2n) is 3.66. The van der Waals surface area contributed by atoms with Gasteiger partial charge in [-0.1, -0.05) is 0 Å². The van der Waals surface area contributed by atoms with Crippen LogP contribution in [-0.2, 0) is 7.05 Å². The number of hydrogen-bond acceptors (Lipinski definition) is 3. The van der Waals surface area contributed by atoms with Crippen molar-refractivity contribution < 1.29 is 17.0 Å². The maximum atomic E-state index is 11.6. The van der Waals surface area contributed by atoms with Gasteiger partial charge in [-0.2, -0.15) is 0 Å². The number of pyridine rings is 1. The number of aromatic nitrogens is 3.